The van der Waals surface area contributed by atoms with Crippen molar-refractivity contribution in [1.82, 2.24) is 15.2 Å². The van der Waals surface area contributed by atoms with Crippen LogP contribution in [0.15, 0.2) is 42.5 Å². The monoisotopic (exact) mass is 453 g/mol. The lowest BCUT2D eigenvalue weighted by atomic mass is 10.00. The second kappa shape index (κ2) is 8.70. The van der Waals surface area contributed by atoms with Gasteiger partial charge in [-0.15, -0.1) is 0 Å². The minimum absolute atomic E-state index is 0.193. The molecule has 0 saturated carbocycles. The Balaban J connectivity index is 1.85. The molecule has 168 valence electrons. The van der Waals surface area contributed by atoms with Gasteiger partial charge in [-0.05, 0) is 56.1 Å². The molecule has 1 aliphatic rings. The van der Waals surface area contributed by atoms with Gasteiger partial charge >= 0.3 is 6.09 Å². The number of nitrogens with one attached hydrogen (secondary N) is 2. The molecule has 0 aliphatic carbocycles. The fraction of sp³-hybridized carbons (Fsp3) is 0.360. The summed E-state index contributed by atoms with van der Waals surface area (Å²) >= 11 is 6.71. The Morgan fingerprint density at radius 3 is 2.69 bits per heavy atom. The number of benzene rings is 2. The van der Waals surface area contributed by atoms with Crippen LogP contribution in [-0.4, -0.2) is 28.6 Å². The van der Waals surface area contributed by atoms with Crippen LogP contribution >= 0.6 is 11.6 Å². The molecule has 0 saturated heterocycles. The van der Waals surface area contributed by atoms with E-state index in [1.54, 1.807) is 26.8 Å². The highest BCUT2D eigenvalue weighted by Gasteiger charge is 2.33. The fourth-order valence-electron chi connectivity index (χ4n) is 4.05. The van der Waals surface area contributed by atoms with Crippen molar-refractivity contribution in [3.05, 3.63) is 69.9 Å². The molecule has 2 heterocycles. The van der Waals surface area contributed by atoms with Crippen molar-refractivity contribution in [2.45, 2.75) is 52.4 Å². The van der Waals surface area contributed by atoms with Gasteiger partial charge in [-0.3, -0.25) is 10.1 Å². The fourth-order valence-corrected chi connectivity index (χ4v) is 4.33. The van der Waals surface area contributed by atoms with E-state index in [0.29, 0.717) is 29.0 Å². The van der Waals surface area contributed by atoms with Crippen LogP contribution in [0.2, 0.25) is 5.02 Å². The van der Waals surface area contributed by atoms with Gasteiger partial charge in [0.2, 0.25) is 5.78 Å². The van der Waals surface area contributed by atoms with E-state index >= 15 is 0 Å². The molecule has 1 aromatic heterocycles. The highest BCUT2D eigenvalue weighted by molar-refractivity contribution is 6.36. The van der Waals surface area contributed by atoms with Gasteiger partial charge in [0.05, 0.1) is 22.3 Å². The van der Waals surface area contributed by atoms with Gasteiger partial charge in [0.1, 0.15) is 5.60 Å². The van der Waals surface area contributed by atoms with Crippen LogP contribution in [0.5, 0.6) is 0 Å². The number of ketones is 1. The Kier molecular flexibility index (Phi) is 6.12. The highest BCUT2D eigenvalue weighted by Crippen LogP contribution is 2.34. The Morgan fingerprint density at radius 1 is 1.22 bits per heavy atom. The first-order valence-corrected chi connectivity index (χ1v) is 11.2. The largest absolute Gasteiger partial charge is 0.443 e. The smallest absolute Gasteiger partial charge is 0.419 e. The highest BCUT2D eigenvalue weighted by atomic mass is 35.5. The first kappa shape index (κ1) is 22.5. The molecule has 1 atom stereocenters. The number of rotatable bonds is 5. The number of hydrogen-bond donors (Lipinski definition) is 2. The Labute approximate surface area is 192 Å². The Morgan fingerprint density at radius 2 is 1.97 bits per heavy atom. The zero-order valence-corrected chi connectivity index (χ0v) is 19.5. The maximum Gasteiger partial charge on any atom is 0.419 e. The lowest BCUT2D eigenvalue weighted by molar-refractivity contribution is 0.0534. The third-order valence-corrected chi connectivity index (χ3v) is 5.96. The number of aromatic nitrogens is 1. The molecule has 2 aromatic carbocycles. The summed E-state index contributed by atoms with van der Waals surface area (Å²) in [4.78, 5) is 26.9. The molecule has 0 amide bonds. The lowest BCUT2D eigenvalue weighted by Gasteiger charge is -2.21. The van der Waals surface area contributed by atoms with Crippen LogP contribution < -0.4 is 10.6 Å². The molecule has 0 bridgehead atoms. The van der Waals surface area contributed by atoms with Crippen molar-refractivity contribution in [1.29, 1.82) is 0 Å². The van der Waals surface area contributed by atoms with Gasteiger partial charge in [0, 0.05) is 18.5 Å². The number of carbonyl (C=O) groups is 2. The molecule has 1 unspecified atom stereocenters. The summed E-state index contributed by atoms with van der Waals surface area (Å²) < 4.78 is 7.00. The third kappa shape index (κ3) is 4.18. The summed E-state index contributed by atoms with van der Waals surface area (Å²) in [7, 11) is 0. The van der Waals surface area contributed by atoms with Crippen molar-refractivity contribution < 1.29 is 14.3 Å². The quantitative estimate of drug-likeness (QED) is 0.518. The summed E-state index contributed by atoms with van der Waals surface area (Å²) in [6.07, 6.45) is -0.599. The van der Waals surface area contributed by atoms with Crippen LogP contribution in [0.4, 0.5) is 4.79 Å². The van der Waals surface area contributed by atoms with E-state index in [9.17, 15) is 9.59 Å². The maximum atomic E-state index is 13.7. The first-order valence-electron chi connectivity index (χ1n) is 10.8. The average Bonchev–Trinajstić information content (AvgIpc) is 3.34. The molecule has 0 radical (unpaired) electrons. The normalized spacial score (nSPS) is 15.7. The molecular weight excluding hydrogens is 426 g/mol. The molecule has 1 aliphatic heterocycles. The minimum Gasteiger partial charge on any atom is -0.443 e. The van der Waals surface area contributed by atoms with E-state index in [-0.39, 0.29) is 11.5 Å². The summed E-state index contributed by atoms with van der Waals surface area (Å²) in [6, 6.07) is 12.7. The van der Waals surface area contributed by atoms with E-state index in [4.69, 9.17) is 16.3 Å². The zero-order chi connectivity index (χ0) is 23.0. The summed E-state index contributed by atoms with van der Waals surface area (Å²) in [5.41, 5.74) is 3.02. The zero-order valence-electron chi connectivity index (χ0n) is 18.8. The number of fused-ring (bicyclic) bond motifs is 2. The third-order valence-electron chi connectivity index (χ3n) is 5.52. The predicted octanol–water partition coefficient (Wildman–Crippen LogP) is 5.21. The van der Waals surface area contributed by atoms with Crippen LogP contribution in [0.3, 0.4) is 0 Å². The van der Waals surface area contributed by atoms with Crippen molar-refractivity contribution in [3.8, 4) is 0 Å². The number of carbonyl (C=O) groups excluding carboxylic acids is 2. The van der Waals surface area contributed by atoms with Gasteiger partial charge in [0.25, 0.3) is 0 Å². The number of halogens is 1. The molecule has 6 nitrogen and oxygen atoms in total. The molecule has 2 N–H and O–H groups in total. The maximum absolute atomic E-state index is 13.7. The minimum atomic E-state index is -0.707. The van der Waals surface area contributed by atoms with Gasteiger partial charge in [-0.25, -0.2) is 9.36 Å². The van der Waals surface area contributed by atoms with Crippen molar-refractivity contribution in [3.63, 3.8) is 0 Å². The lowest BCUT2D eigenvalue weighted by Crippen LogP contribution is -2.31. The van der Waals surface area contributed by atoms with E-state index in [0.717, 1.165) is 23.2 Å². The summed E-state index contributed by atoms with van der Waals surface area (Å²) in [5, 5.41) is 7.72. The second-order valence-electron chi connectivity index (χ2n) is 8.97. The number of Topliss-reactive ketones (excluding diaryl/α,β-unsaturated/α-hetero) is 1. The molecule has 0 spiro atoms. The average molecular weight is 454 g/mol. The predicted molar refractivity (Wildman–Crippen MR) is 126 cm³/mol. The summed E-state index contributed by atoms with van der Waals surface area (Å²) in [6.45, 7) is 9.44. The van der Waals surface area contributed by atoms with Crippen molar-refractivity contribution >= 4 is 34.4 Å². The van der Waals surface area contributed by atoms with Crippen molar-refractivity contribution in [2.75, 3.05) is 6.54 Å². The molecule has 3 aromatic rings. The number of ether oxygens (including phenoxy) is 1. The van der Waals surface area contributed by atoms with E-state index in [2.05, 4.69) is 10.6 Å². The van der Waals surface area contributed by atoms with E-state index in [1.165, 1.54) is 4.57 Å². The van der Waals surface area contributed by atoms with Gasteiger partial charge in [0.15, 0.2) is 0 Å². The topological polar surface area (TPSA) is 72.4 Å². The van der Waals surface area contributed by atoms with Crippen molar-refractivity contribution in [2.24, 2.45) is 0 Å². The molecular formula is C25H28ClN3O3. The number of nitrogens with zero attached hydrogens (tertiary/aromatic N) is 1. The SMILES string of the molecule is CCNCc1ccc2c(cc(C(=O)C3NCc4ccccc43)n2C(=O)OC(C)(C)C)c1Cl. The molecule has 4 rings (SSSR count). The molecule has 0 fully saturated rings. The van der Waals surface area contributed by atoms with Gasteiger partial charge in [-0.2, -0.15) is 0 Å². The first-order chi connectivity index (χ1) is 15.2. The van der Waals surface area contributed by atoms with Gasteiger partial charge < -0.3 is 10.1 Å². The van der Waals surface area contributed by atoms with Crippen LogP contribution in [0.25, 0.3) is 10.9 Å². The Bertz CT molecular complexity index is 1190. The van der Waals surface area contributed by atoms with Crippen LogP contribution in [-0.2, 0) is 17.8 Å². The van der Waals surface area contributed by atoms with Crippen LogP contribution in [0.1, 0.15) is 60.9 Å². The van der Waals surface area contributed by atoms with E-state index < -0.39 is 17.7 Å². The van der Waals surface area contributed by atoms with Gasteiger partial charge in [-0.1, -0.05) is 48.9 Å². The Hall–Kier alpha value is -2.67. The summed E-state index contributed by atoms with van der Waals surface area (Å²) in [5.74, 6) is -0.193. The molecule has 7 heteroatoms. The van der Waals surface area contributed by atoms with Crippen LogP contribution in [0, 0.1) is 0 Å². The standard InChI is InChI=1S/C25H28ClN3O3/c1-5-27-13-16-10-11-19-18(21(16)26)12-20(29(19)24(31)32-25(2,3)4)23(30)22-17-9-7-6-8-15(17)14-28-22/h6-12,22,27-28H,5,13-14H2,1-4H3. The van der Waals surface area contributed by atoms with E-state index in [1.807, 2.05) is 43.3 Å². The molecule has 32 heavy (non-hydrogen) atoms. The second-order valence-corrected chi connectivity index (χ2v) is 9.35. The number of hydrogen-bond acceptors (Lipinski definition) is 5.